The molecular formula is C60H117NO5. The zero-order valence-electron chi connectivity index (χ0n) is 44.7. The number of unbranched alkanes of at least 4 members (excludes halogenated alkanes) is 45. The van der Waals surface area contributed by atoms with E-state index < -0.39 is 12.1 Å². The molecule has 66 heavy (non-hydrogen) atoms. The minimum atomic E-state index is -0.850. The molecule has 0 saturated carbocycles. The number of esters is 1. The van der Waals surface area contributed by atoms with Crippen molar-refractivity contribution >= 4 is 11.9 Å². The first-order chi connectivity index (χ1) is 32.5. The van der Waals surface area contributed by atoms with Gasteiger partial charge in [-0.15, -0.1) is 0 Å². The van der Waals surface area contributed by atoms with Crippen LogP contribution in [0.3, 0.4) is 0 Å². The van der Waals surface area contributed by atoms with Crippen LogP contribution in [0.15, 0.2) is 12.2 Å². The van der Waals surface area contributed by atoms with E-state index in [1.165, 1.54) is 263 Å². The number of aliphatic hydroxyl groups excluding tert-OH is 2. The van der Waals surface area contributed by atoms with Gasteiger partial charge in [0.1, 0.15) is 0 Å². The minimum absolute atomic E-state index is 0.00192. The van der Waals surface area contributed by atoms with Gasteiger partial charge in [-0.3, -0.25) is 9.59 Å². The second-order valence-electron chi connectivity index (χ2n) is 20.7. The fourth-order valence-electron chi connectivity index (χ4n) is 9.46. The summed E-state index contributed by atoms with van der Waals surface area (Å²) in [5.41, 5.74) is 0. The van der Waals surface area contributed by atoms with E-state index in [0.717, 1.165) is 44.9 Å². The third-order valence-corrected chi connectivity index (χ3v) is 14.1. The lowest BCUT2D eigenvalue weighted by molar-refractivity contribution is -0.143. The molecule has 0 aromatic rings. The maximum atomic E-state index is 12.5. The molecule has 0 spiro atoms. The summed E-state index contributed by atoms with van der Waals surface area (Å²) in [6.45, 7) is 4.91. The number of carbonyl (C=O) groups excluding carboxylic acids is 2. The maximum absolute atomic E-state index is 12.5. The fourth-order valence-corrected chi connectivity index (χ4v) is 9.46. The Kier molecular flexibility index (Phi) is 55.0. The van der Waals surface area contributed by atoms with Gasteiger partial charge in [-0.25, -0.2) is 0 Å². The van der Waals surface area contributed by atoms with Crippen molar-refractivity contribution in [3.63, 3.8) is 0 Å². The summed E-state index contributed by atoms with van der Waals surface area (Å²) in [5.74, 6) is -0.0709. The number of carbonyl (C=O) groups is 2. The lowest BCUT2D eigenvalue weighted by Gasteiger charge is -2.20. The molecule has 0 rings (SSSR count). The van der Waals surface area contributed by atoms with Crippen LogP contribution in [0, 0.1) is 0 Å². The van der Waals surface area contributed by atoms with E-state index in [9.17, 15) is 19.8 Å². The number of allylic oxidation sites excluding steroid dienone is 1. The van der Waals surface area contributed by atoms with Gasteiger partial charge in [-0.2, -0.15) is 0 Å². The molecule has 0 radical (unpaired) electrons. The van der Waals surface area contributed by atoms with Crippen LogP contribution in [0.5, 0.6) is 0 Å². The van der Waals surface area contributed by atoms with Gasteiger partial charge in [0, 0.05) is 12.8 Å². The second-order valence-corrected chi connectivity index (χ2v) is 20.7. The largest absolute Gasteiger partial charge is 0.466 e. The van der Waals surface area contributed by atoms with Gasteiger partial charge in [-0.05, 0) is 32.1 Å². The quantitative estimate of drug-likeness (QED) is 0.0321. The maximum Gasteiger partial charge on any atom is 0.305 e. The molecule has 0 heterocycles. The molecule has 0 saturated heterocycles. The van der Waals surface area contributed by atoms with Crippen molar-refractivity contribution in [1.29, 1.82) is 0 Å². The van der Waals surface area contributed by atoms with Gasteiger partial charge in [-0.1, -0.05) is 302 Å². The van der Waals surface area contributed by atoms with E-state index in [2.05, 4.69) is 19.2 Å². The highest BCUT2D eigenvalue weighted by molar-refractivity contribution is 5.76. The molecule has 0 aromatic heterocycles. The van der Waals surface area contributed by atoms with Crippen molar-refractivity contribution in [2.24, 2.45) is 0 Å². The topological polar surface area (TPSA) is 95.9 Å². The number of hydrogen-bond donors (Lipinski definition) is 3. The number of amides is 1. The van der Waals surface area contributed by atoms with Crippen LogP contribution in [0.2, 0.25) is 0 Å². The van der Waals surface area contributed by atoms with Crippen molar-refractivity contribution in [3.05, 3.63) is 12.2 Å². The molecule has 3 N–H and O–H groups in total. The average molecular weight is 933 g/mol. The van der Waals surface area contributed by atoms with Crippen molar-refractivity contribution in [2.75, 3.05) is 13.2 Å². The first-order valence-corrected chi connectivity index (χ1v) is 30.0. The Balaban J connectivity index is 3.46. The predicted molar refractivity (Wildman–Crippen MR) is 287 cm³/mol. The highest BCUT2D eigenvalue weighted by Crippen LogP contribution is 2.18. The lowest BCUT2D eigenvalue weighted by Crippen LogP contribution is -2.45. The fraction of sp³-hybridized carbons (Fsp3) is 0.933. The Morgan fingerprint density at radius 2 is 0.697 bits per heavy atom. The van der Waals surface area contributed by atoms with Crippen molar-refractivity contribution in [2.45, 2.75) is 347 Å². The molecule has 0 aliphatic carbocycles. The number of nitrogens with one attached hydrogen (secondary N) is 1. The molecule has 0 fully saturated rings. The average Bonchev–Trinajstić information content (AvgIpc) is 3.32. The van der Waals surface area contributed by atoms with Crippen LogP contribution in [0.4, 0.5) is 0 Å². The minimum Gasteiger partial charge on any atom is -0.466 e. The molecule has 0 aliphatic heterocycles. The summed E-state index contributed by atoms with van der Waals surface area (Å²) < 4.78 is 5.47. The van der Waals surface area contributed by atoms with Crippen LogP contribution in [-0.4, -0.2) is 47.4 Å². The highest BCUT2D eigenvalue weighted by atomic mass is 16.5. The smallest absolute Gasteiger partial charge is 0.305 e. The van der Waals surface area contributed by atoms with Gasteiger partial charge >= 0.3 is 5.97 Å². The Labute approximate surface area is 412 Å². The van der Waals surface area contributed by atoms with Crippen molar-refractivity contribution in [1.82, 2.24) is 5.32 Å². The van der Waals surface area contributed by atoms with Crippen LogP contribution >= 0.6 is 0 Å². The van der Waals surface area contributed by atoms with Crippen LogP contribution in [-0.2, 0) is 14.3 Å². The van der Waals surface area contributed by atoms with E-state index in [1.54, 1.807) is 6.08 Å². The zero-order valence-corrected chi connectivity index (χ0v) is 44.7. The third kappa shape index (κ3) is 52.0. The number of hydrogen-bond acceptors (Lipinski definition) is 5. The molecule has 6 heteroatoms. The van der Waals surface area contributed by atoms with Crippen molar-refractivity contribution < 1.29 is 24.5 Å². The zero-order chi connectivity index (χ0) is 47.9. The van der Waals surface area contributed by atoms with E-state index in [-0.39, 0.29) is 18.5 Å². The van der Waals surface area contributed by atoms with Crippen LogP contribution in [0.1, 0.15) is 335 Å². The molecule has 392 valence electrons. The monoisotopic (exact) mass is 932 g/mol. The molecule has 0 bridgehead atoms. The summed E-state index contributed by atoms with van der Waals surface area (Å²) in [7, 11) is 0. The normalized spacial score (nSPS) is 12.6. The van der Waals surface area contributed by atoms with Gasteiger partial charge in [0.15, 0.2) is 0 Å². The Morgan fingerprint density at radius 1 is 0.409 bits per heavy atom. The molecule has 6 nitrogen and oxygen atoms in total. The van der Waals surface area contributed by atoms with E-state index in [0.29, 0.717) is 19.4 Å². The third-order valence-electron chi connectivity index (χ3n) is 14.1. The van der Waals surface area contributed by atoms with E-state index in [4.69, 9.17) is 4.74 Å². The standard InChI is InChI=1S/C60H117NO5/c1-3-5-7-9-11-13-15-17-18-19-20-21-22-23-25-29-32-36-40-44-48-52-58(63)57(56-62)61-59(64)53-49-45-41-37-33-30-26-24-27-31-35-39-43-47-51-55-66-60(65)54-50-46-42-38-34-28-16-14-12-10-8-6-4-2/h48,52,57-58,62-63H,3-47,49-51,53-56H2,1-2H3,(H,61,64)/b52-48+. The summed E-state index contributed by atoms with van der Waals surface area (Å²) in [4.78, 5) is 24.5. The van der Waals surface area contributed by atoms with Gasteiger partial charge in [0.2, 0.25) is 5.91 Å². The van der Waals surface area contributed by atoms with Crippen LogP contribution < -0.4 is 5.32 Å². The van der Waals surface area contributed by atoms with E-state index >= 15 is 0 Å². The van der Waals surface area contributed by atoms with Gasteiger partial charge in [0.05, 0.1) is 25.4 Å². The predicted octanol–water partition coefficient (Wildman–Crippen LogP) is 18.5. The Morgan fingerprint density at radius 3 is 1.03 bits per heavy atom. The highest BCUT2D eigenvalue weighted by Gasteiger charge is 2.18. The number of aliphatic hydroxyl groups is 2. The molecule has 2 atom stereocenters. The van der Waals surface area contributed by atoms with Crippen molar-refractivity contribution in [3.8, 4) is 0 Å². The molecular weight excluding hydrogens is 815 g/mol. The molecule has 0 aliphatic rings. The van der Waals surface area contributed by atoms with Gasteiger partial charge in [0.25, 0.3) is 0 Å². The SMILES string of the molecule is CCCCCCCCCCCCCCCCCCCCC/C=C/C(O)C(CO)NC(=O)CCCCCCCCCCCCCCCCCOC(=O)CCCCCCCCCCCCCCC. The number of ether oxygens (including phenoxy) is 1. The van der Waals surface area contributed by atoms with Crippen LogP contribution in [0.25, 0.3) is 0 Å². The first-order valence-electron chi connectivity index (χ1n) is 30.0. The summed E-state index contributed by atoms with van der Waals surface area (Å²) in [6.07, 6.45) is 66.6. The summed E-state index contributed by atoms with van der Waals surface area (Å²) in [6, 6.07) is -0.634. The van der Waals surface area contributed by atoms with Gasteiger partial charge < -0.3 is 20.3 Å². The van der Waals surface area contributed by atoms with E-state index in [1.807, 2.05) is 6.08 Å². The first kappa shape index (κ1) is 64.6. The Bertz CT molecular complexity index is 986. The summed E-state index contributed by atoms with van der Waals surface area (Å²) in [5, 5.41) is 23.2. The molecule has 2 unspecified atom stereocenters. The Hall–Kier alpha value is -1.40. The summed E-state index contributed by atoms with van der Waals surface area (Å²) >= 11 is 0. The second kappa shape index (κ2) is 56.2. The lowest BCUT2D eigenvalue weighted by atomic mass is 10.0. The number of rotatable bonds is 56. The molecule has 1 amide bonds. The molecule has 0 aromatic carbocycles.